The second-order valence-corrected chi connectivity index (χ2v) is 8.07. The van der Waals surface area contributed by atoms with Crippen molar-refractivity contribution in [1.29, 1.82) is 0 Å². The summed E-state index contributed by atoms with van der Waals surface area (Å²) >= 11 is 0. The number of hydrogen-bond acceptors (Lipinski definition) is 7. The highest BCUT2D eigenvalue weighted by Gasteiger charge is 2.30. The van der Waals surface area contributed by atoms with Gasteiger partial charge in [0, 0.05) is 11.6 Å². The van der Waals surface area contributed by atoms with Gasteiger partial charge in [-0.15, -0.1) is 0 Å². The number of rotatable bonds is 10. The van der Waals surface area contributed by atoms with Gasteiger partial charge < -0.3 is 29.6 Å². The summed E-state index contributed by atoms with van der Waals surface area (Å²) in [5.41, 5.74) is 1.65. The number of nitrogens with one attached hydrogen (secondary N) is 2. The fourth-order valence-corrected chi connectivity index (χ4v) is 3.12. The molecule has 0 aliphatic carbocycles. The molecule has 2 atom stereocenters. The molecule has 0 aliphatic heterocycles. The predicted octanol–water partition coefficient (Wildman–Crippen LogP) is 3.35. The van der Waals surface area contributed by atoms with Crippen LogP contribution in [0.3, 0.4) is 0 Å². The summed E-state index contributed by atoms with van der Waals surface area (Å²) in [6, 6.07) is 9.07. The van der Waals surface area contributed by atoms with Crippen LogP contribution in [-0.4, -0.2) is 51.3 Å². The van der Waals surface area contributed by atoms with Crippen LogP contribution in [0.2, 0.25) is 0 Å². The van der Waals surface area contributed by atoms with Crippen LogP contribution in [0.25, 0.3) is 0 Å². The van der Waals surface area contributed by atoms with Crippen molar-refractivity contribution in [3.8, 4) is 17.2 Å². The van der Waals surface area contributed by atoms with E-state index in [0.717, 1.165) is 5.56 Å². The molecule has 0 bridgehead atoms. The van der Waals surface area contributed by atoms with Crippen LogP contribution in [0.15, 0.2) is 36.4 Å². The van der Waals surface area contributed by atoms with Crippen molar-refractivity contribution in [3.05, 3.63) is 47.5 Å². The zero-order valence-electron chi connectivity index (χ0n) is 20.6. The standard InChI is InChI=1S/C25H32N2O7/c1-14(2)22(27-24(29)17-11-18(31-5)13-19(12-17)32-6)25(30)34-16(4)23(28)26-20-10-15(3)8-9-21(20)33-7/h8-14,16,22H,1-7H3,(H,26,28)(H,27,29)/t16-,22-/m1/s1. The van der Waals surface area contributed by atoms with Crippen LogP contribution >= 0.6 is 0 Å². The van der Waals surface area contributed by atoms with Crippen molar-refractivity contribution in [2.45, 2.75) is 39.8 Å². The molecule has 2 N–H and O–H groups in total. The highest BCUT2D eigenvalue weighted by Crippen LogP contribution is 2.26. The Labute approximate surface area is 199 Å². The minimum Gasteiger partial charge on any atom is -0.497 e. The van der Waals surface area contributed by atoms with E-state index >= 15 is 0 Å². The van der Waals surface area contributed by atoms with E-state index < -0.39 is 29.9 Å². The molecule has 0 unspecified atom stereocenters. The Morgan fingerprint density at radius 3 is 2.00 bits per heavy atom. The normalized spacial score (nSPS) is 12.4. The molecule has 0 saturated heterocycles. The van der Waals surface area contributed by atoms with Crippen molar-refractivity contribution in [1.82, 2.24) is 5.32 Å². The molecule has 34 heavy (non-hydrogen) atoms. The number of carbonyl (C=O) groups excluding carboxylic acids is 3. The van der Waals surface area contributed by atoms with Crippen molar-refractivity contribution < 1.29 is 33.3 Å². The molecule has 2 aromatic rings. The Hall–Kier alpha value is -3.75. The Balaban J connectivity index is 2.10. The van der Waals surface area contributed by atoms with Crippen LogP contribution < -0.4 is 24.8 Å². The quantitative estimate of drug-likeness (QED) is 0.510. The summed E-state index contributed by atoms with van der Waals surface area (Å²) in [5.74, 6) is -0.695. The summed E-state index contributed by atoms with van der Waals surface area (Å²) in [6.07, 6.45) is -1.10. The molecule has 2 aromatic carbocycles. The maximum Gasteiger partial charge on any atom is 0.329 e. The summed E-state index contributed by atoms with van der Waals surface area (Å²) < 4.78 is 21.0. The number of esters is 1. The molecule has 0 fully saturated rings. The number of hydrogen-bond donors (Lipinski definition) is 2. The highest BCUT2D eigenvalue weighted by atomic mass is 16.5. The summed E-state index contributed by atoms with van der Waals surface area (Å²) in [5, 5.41) is 5.39. The van der Waals surface area contributed by atoms with E-state index in [1.807, 2.05) is 13.0 Å². The molecule has 0 radical (unpaired) electrons. The van der Waals surface area contributed by atoms with Crippen LogP contribution in [-0.2, 0) is 14.3 Å². The average Bonchev–Trinajstić information content (AvgIpc) is 2.81. The van der Waals surface area contributed by atoms with Crippen molar-refractivity contribution >= 4 is 23.5 Å². The first-order valence-electron chi connectivity index (χ1n) is 10.8. The fourth-order valence-electron chi connectivity index (χ4n) is 3.12. The van der Waals surface area contributed by atoms with Gasteiger partial charge in [0.2, 0.25) is 0 Å². The second kappa shape index (κ2) is 11.9. The molecule has 0 aliphatic rings. The topological polar surface area (TPSA) is 112 Å². The molecule has 0 aromatic heterocycles. The van der Waals surface area contributed by atoms with E-state index in [1.165, 1.54) is 40.4 Å². The number of aryl methyl sites for hydroxylation is 1. The molecular weight excluding hydrogens is 440 g/mol. The van der Waals surface area contributed by atoms with Crippen LogP contribution in [0, 0.1) is 12.8 Å². The number of amides is 2. The first-order chi connectivity index (χ1) is 16.1. The lowest BCUT2D eigenvalue weighted by molar-refractivity contribution is -0.156. The first kappa shape index (κ1) is 26.5. The smallest absolute Gasteiger partial charge is 0.329 e. The van der Waals surface area contributed by atoms with Crippen molar-refractivity contribution in [3.63, 3.8) is 0 Å². The van der Waals surface area contributed by atoms with E-state index in [2.05, 4.69) is 10.6 Å². The van der Waals surface area contributed by atoms with Crippen LogP contribution in [0.5, 0.6) is 17.2 Å². The summed E-state index contributed by atoms with van der Waals surface area (Å²) in [7, 11) is 4.45. The zero-order valence-corrected chi connectivity index (χ0v) is 20.6. The number of benzene rings is 2. The van der Waals surface area contributed by atoms with Gasteiger partial charge in [0.1, 0.15) is 23.3 Å². The van der Waals surface area contributed by atoms with E-state index in [1.54, 1.807) is 32.0 Å². The first-order valence-corrected chi connectivity index (χ1v) is 10.8. The third kappa shape index (κ3) is 6.87. The van der Waals surface area contributed by atoms with Gasteiger partial charge in [-0.05, 0) is 49.6 Å². The molecule has 0 heterocycles. The third-order valence-electron chi connectivity index (χ3n) is 5.10. The largest absolute Gasteiger partial charge is 0.497 e. The minimum atomic E-state index is -1.10. The van der Waals surface area contributed by atoms with E-state index in [-0.39, 0.29) is 11.5 Å². The van der Waals surface area contributed by atoms with Gasteiger partial charge in [0.05, 0.1) is 27.0 Å². The SMILES string of the molecule is COc1cc(OC)cc(C(=O)N[C@@H](C(=O)O[C@H](C)C(=O)Nc2cc(C)ccc2OC)C(C)C)c1. The zero-order chi connectivity index (χ0) is 25.4. The fraction of sp³-hybridized carbons (Fsp3) is 0.400. The van der Waals surface area contributed by atoms with Crippen molar-refractivity contribution in [2.75, 3.05) is 26.6 Å². The molecule has 184 valence electrons. The van der Waals surface area contributed by atoms with E-state index in [0.29, 0.717) is 22.9 Å². The molecule has 9 nitrogen and oxygen atoms in total. The van der Waals surface area contributed by atoms with E-state index in [4.69, 9.17) is 18.9 Å². The molecule has 0 spiro atoms. The summed E-state index contributed by atoms with van der Waals surface area (Å²) in [4.78, 5) is 38.3. The van der Waals surface area contributed by atoms with Crippen LogP contribution in [0.4, 0.5) is 5.69 Å². The number of methoxy groups -OCH3 is 3. The number of ether oxygens (including phenoxy) is 4. The van der Waals surface area contributed by atoms with Gasteiger partial charge in [-0.3, -0.25) is 9.59 Å². The predicted molar refractivity (Wildman–Crippen MR) is 128 cm³/mol. The van der Waals surface area contributed by atoms with Gasteiger partial charge in [-0.1, -0.05) is 19.9 Å². The lowest BCUT2D eigenvalue weighted by Crippen LogP contribution is -2.47. The molecular formula is C25H32N2O7. The average molecular weight is 473 g/mol. The Bertz CT molecular complexity index is 1010. The van der Waals surface area contributed by atoms with Crippen molar-refractivity contribution in [2.24, 2.45) is 5.92 Å². The Kier molecular flexibility index (Phi) is 9.29. The molecule has 9 heteroatoms. The van der Waals surface area contributed by atoms with Gasteiger partial charge in [0.25, 0.3) is 11.8 Å². The van der Waals surface area contributed by atoms with Gasteiger partial charge in [0.15, 0.2) is 6.10 Å². The van der Waals surface area contributed by atoms with Gasteiger partial charge in [-0.25, -0.2) is 4.79 Å². The van der Waals surface area contributed by atoms with Crippen LogP contribution in [0.1, 0.15) is 36.7 Å². The monoisotopic (exact) mass is 472 g/mol. The van der Waals surface area contributed by atoms with Gasteiger partial charge >= 0.3 is 5.97 Å². The summed E-state index contributed by atoms with van der Waals surface area (Å²) in [6.45, 7) is 6.87. The third-order valence-corrected chi connectivity index (χ3v) is 5.10. The van der Waals surface area contributed by atoms with E-state index in [9.17, 15) is 14.4 Å². The Morgan fingerprint density at radius 2 is 1.47 bits per heavy atom. The Morgan fingerprint density at radius 1 is 0.853 bits per heavy atom. The molecule has 0 saturated carbocycles. The minimum absolute atomic E-state index is 0.256. The van der Waals surface area contributed by atoms with Gasteiger partial charge in [-0.2, -0.15) is 0 Å². The maximum absolute atomic E-state index is 12.9. The molecule has 2 rings (SSSR count). The lowest BCUT2D eigenvalue weighted by atomic mass is 10.0. The molecule has 2 amide bonds. The second-order valence-electron chi connectivity index (χ2n) is 8.07. The maximum atomic E-state index is 12.9. The number of anilines is 1. The lowest BCUT2D eigenvalue weighted by Gasteiger charge is -2.23. The number of carbonyl (C=O) groups is 3. The highest BCUT2D eigenvalue weighted by molar-refractivity contribution is 5.99.